The van der Waals surface area contributed by atoms with E-state index < -0.39 is 0 Å². The normalized spacial score (nSPS) is 23.8. The second-order valence-electron chi connectivity index (χ2n) is 6.37. The van der Waals surface area contributed by atoms with Crippen molar-refractivity contribution in [1.82, 2.24) is 15.1 Å². The van der Waals surface area contributed by atoms with Crippen molar-refractivity contribution in [1.29, 1.82) is 0 Å². The van der Waals surface area contributed by atoms with Crippen molar-refractivity contribution in [2.45, 2.75) is 77.8 Å². The van der Waals surface area contributed by atoms with Crippen molar-refractivity contribution in [3.63, 3.8) is 0 Å². The topological polar surface area (TPSA) is 29.9 Å². The number of nitrogens with one attached hydrogen (secondary N) is 1. The third kappa shape index (κ3) is 4.34. The zero-order valence-electron chi connectivity index (χ0n) is 13.5. The highest BCUT2D eigenvalue weighted by Crippen LogP contribution is 2.26. The average molecular weight is 277 g/mol. The Morgan fingerprint density at radius 3 is 2.85 bits per heavy atom. The van der Waals surface area contributed by atoms with Gasteiger partial charge in [-0.3, -0.25) is 4.68 Å². The molecule has 3 nitrogen and oxygen atoms in total. The minimum absolute atomic E-state index is 0.710. The summed E-state index contributed by atoms with van der Waals surface area (Å²) in [6.07, 6.45) is 12.9. The van der Waals surface area contributed by atoms with Gasteiger partial charge in [0.2, 0.25) is 0 Å². The van der Waals surface area contributed by atoms with Gasteiger partial charge < -0.3 is 5.32 Å². The molecule has 1 fully saturated rings. The molecule has 1 heterocycles. The largest absolute Gasteiger partial charge is 0.310 e. The Kier molecular flexibility index (Phi) is 6.08. The van der Waals surface area contributed by atoms with Crippen LogP contribution in [0.2, 0.25) is 0 Å². The lowest BCUT2D eigenvalue weighted by molar-refractivity contribution is 0.409. The Labute approximate surface area is 124 Å². The second-order valence-corrected chi connectivity index (χ2v) is 6.37. The summed E-state index contributed by atoms with van der Waals surface area (Å²) in [5.74, 6) is 0.983. The Bertz CT molecular complexity index is 397. The van der Waals surface area contributed by atoms with Crippen molar-refractivity contribution in [2.75, 3.05) is 0 Å². The summed E-state index contributed by atoms with van der Waals surface area (Å²) in [6, 6.07) is 0.710. The quantitative estimate of drug-likeness (QED) is 0.801. The van der Waals surface area contributed by atoms with E-state index in [4.69, 9.17) is 0 Å². The van der Waals surface area contributed by atoms with E-state index >= 15 is 0 Å². The van der Waals surface area contributed by atoms with E-state index in [1.165, 1.54) is 56.2 Å². The van der Waals surface area contributed by atoms with E-state index in [2.05, 4.69) is 30.5 Å². The number of hydrogen-bond donors (Lipinski definition) is 1. The standard InChI is InChI=1S/C17H31N3/c1-4-7-14-8-6-9-16(11-10-14)18-12-15-13-20(3)19-17(15)5-2/h13-14,16,18H,4-12H2,1-3H3. The first-order valence-electron chi connectivity index (χ1n) is 8.47. The van der Waals surface area contributed by atoms with Crippen LogP contribution in [0.5, 0.6) is 0 Å². The summed E-state index contributed by atoms with van der Waals surface area (Å²) in [4.78, 5) is 0. The van der Waals surface area contributed by atoms with Crippen LogP contribution in [-0.2, 0) is 20.0 Å². The van der Waals surface area contributed by atoms with Gasteiger partial charge in [0, 0.05) is 31.4 Å². The molecule has 114 valence electrons. The molecule has 1 aromatic rings. The van der Waals surface area contributed by atoms with Crippen molar-refractivity contribution in [2.24, 2.45) is 13.0 Å². The van der Waals surface area contributed by atoms with E-state index in [0.717, 1.165) is 18.9 Å². The van der Waals surface area contributed by atoms with Crippen LogP contribution in [0.1, 0.15) is 70.1 Å². The lowest BCUT2D eigenvalue weighted by atomic mass is 9.95. The van der Waals surface area contributed by atoms with Crippen molar-refractivity contribution < 1.29 is 0 Å². The molecule has 1 aromatic heterocycles. The first-order chi connectivity index (χ1) is 9.72. The number of aryl methyl sites for hydroxylation is 2. The van der Waals surface area contributed by atoms with Crippen molar-refractivity contribution in [3.05, 3.63) is 17.5 Å². The maximum atomic E-state index is 4.52. The number of rotatable bonds is 6. The molecule has 0 spiro atoms. The zero-order valence-corrected chi connectivity index (χ0v) is 13.5. The summed E-state index contributed by atoms with van der Waals surface area (Å²) in [5.41, 5.74) is 2.63. The van der Waals surface area contributed by atoms with Gasteiger partial charge in [-0.2, -0.15) is 5.10 Å². The molecule has 2 unspecified atom stereocenters. The van der Waals surface area contributed by atoms with Gasteiger partial charge in [-0.1, -0.05) is 39.5 Å². The van der Waals surface area contributed by atoms with Gasteiger partial charge in [0.15, 0.2) is 0 Å². The molecule has 0 aliphatic heterocycles. The minimum atomic E-state index is 0.710. The smallest absolute Gasteiger partial charge is 0.0666 e. The molecule has 1 aliphatic rings. The maximum Gasteiger partial charge on any atom is 0.0666 e. The molecule has 2 atom stereocenters. The summed E-state index contributed by atoms with van der Waals surface area (Å²) in [5, 5.41) is 8.30. The van der Waals surface area contributed by atoms with Crippen LogP contribution >= 0.6 is 0 Å². The van der Waals surface area contributed by atoms with Crippen LogP contribution in [0, 0.1) is 5.92 Å². The van der Waals surface area contributed by atoms with Crippen LogP contribution < -0.4 is 5.32 Å². The molecule has 0 saturated heterocycles. The average Bonchev–Trinajstić information content (AvgIpc) is 2.65. The Morgan fingerprint density at radius 1 is 1.25 bits per heavy atom. The van der Waals surface area contributed by atoms with Crippen LogP contribution in [0.3, 0.4) is 0 Å². The predicted octanol–water partition coefficient (Wildman–Crippen LogP) is 3.82. The lowest BCUT2D eigenvalue weighted by Crippen LogP contribution is -2.28. The third-order valence-electron chi connectivity index (χ3n) is 4.69. The summed E-state index contributed by atoms with van der Waals surface area (Å²) >= 11 is 0. The molecule has 20 heavy (non-hydrogen) atoms. The van der Waals surface area contributed by atoms with E-state index in [0.29, 0.717) is 6.04 Å². The van der Waals surface area contributed by atoms with Crippen LogP contribution in [0.25, 0.3) is 0 Å². The Morgan fingerprint density at radius 2 is 2.10 bits per heavy atom. The van der Waals surface area contributed by atoms with E-state index in [-0.39, 0.29) is 0 Å². The lowest BCUT2D eigenvalue weighted by Gasteiger charge is -2.16. The minimum Gasteiger partial charge on any atom is -0.310 e. The molecule has 0 radical (unpaired) electrons. The predicted molar refractivity (Wildman–Crippen MR) is 84.7 cm³/mol. The monoisotopic (exact) mass is 277 g/mol. The van der Waals surface area contributed by atoms with E-state index in [1.807, 2.05) is 11.7 Å². The zero-order chi connectivity index (χ0) is 14.4. The number of hydrogen-bond acceptors (Lipinski definition) is 2. The molecule has 0 aromatic carbocycles. The van der Waals surface area contributed by atoms with E-state index in [9.17, 15) is 0 Å². The van der Waals surface area contributed by atoms with Gasteiger partial charge in [-0.25, -0.2) is 0 Å². The van der Waals surface area contributed by atoms with Crippen molar-refractivity contribution >= 4 is 0 Å². The highest BCUT2D eigenvalue weighted by molar-refractivity contribution is 5.16. The van der Waals surface area contributed by atoms with Crippen LogP contribution in [-0.4, -0.2) is 15.8 Å². The molecule has 0 bridgehead atoms. The molecule has 3 heteroatoms. The van der Waals surface area contributed by atoms with Gasteiger partial charge in [-0.05, 0) is 31.6 Å². The number of nitrogens with zero attached hydrogens (tertiary/aromatic N) is 2. The van der Waals surface area contributed by atoms with Crippen molar-refractivity contribution in [3.8, 4) is 0 Å². The maximum absolute atomic E-state index is 4.52. The second kappa shape index (κ2) is 7.82. The van der Waals surface area contributed by atoms with Gasteiger partial charge in [-0.15, -0.1) is 0 Å². The summed E-state index contributed by atoms with van der Waals surface area (Å²) in [7, 11) is 2.02. The fourth-order valence-corrected chi connectivity index (χ4v) is 3.56. The fraction of sp³-hybridized carbons (Fsp3) is 0.824. The first-order valence-corrected chi connectivity index (χ1v) is 8.47. The van der Waals surface area contributed by atoms with Gasteiger partial charge in [0.1, 0.15) is 0 Å². The molecule has 2 rings (SSSR count). The highest BCUT2D eigenvalue weighted by atomic mass is 15.3. The molecule has 0 amide bonds. The summed E-state index contributed by atoms with van der Waals surface area (Å²) < 4.78 is 1.94. The summed E-state index contributed by atoms with van der Waals surface area (Å²) in [6.45, 7) is 5.49. The molecule has 1 saturated carbocycles. The van der Waals surface area contributed by atoms with E-state index in [1.54, 1.807) is 0 Å². The molecular formula is C17H31N3. The SMILES string of the molecule is CCCC1CCCC(NCc2cn(C)nc2CC)CC1. The Hall–Kier alpha value is -0.830. The van der Waals surface area contributed by atoms with Crippen LogP contribution in [0.15, 0.2) is 6.20 Å². The molecule has 1 N–H and O–H groups in total. The Balaban J connectivity index is 1.81. The van der Waals surface area contributed by atoms with Crippen LogP contribution in [0.4, 0.5) is 0 Å². The number of aromatic nitrogens is 2. The van der Waals surface area contributed by atoms with Gasteiger partial charge >= 0.3 is 0 Å². The van der Waals surface area contributed by atoms with Gasteiger partial charge in [0.25, 0.3) is 0 Å². The van der Waals surface area contributed by atoms with Gasteiger partial charge in [0.05, 0.1) is 5.69 Å². The fourth-order valence-electron chi connectivity index (χ4n) is 3.56. The third-order valence-corrected chi connectivity index (χ3v) is 4.69. The highest BCUT2D eigenvalue weighted by Gasteiger charge is 2.18. The first kappa shape index (κ1) is 15.6. The molecular weight excluding hydrogens is 246 g/mol. The molecule has 1 aliphatic carbocycles.